The second-order valence-corrected chi connectivity index (χ2v) is 8.46. The number of carbonyl (C=O) groups excluding carboxylic acids is 1. The Morgan fingerprint density at radius 3 is 2.47 bits per heavy atom. The van der Waals surface area contributed by atoms with Crippen LogP contribution in [-0.2, 0) is 0 Å². The maximum atomic E-state index is 12.5. The Morgan fingerprint density at radius 1 is 1.00 bits per heavy atom. The third-order valence-electron chi connectivity index (χ3n) is 4.43. The maximum absolute atomic E-state index is 12.5. The van der Waals surface area contributed by atoms with Gasteiger partial charge in [0, 0.05) is 17.3 Å². The van der Waals surface area contributed by atoms with Gasteiger partial charge in [0.1, 0.15) is 10.8 Å². The third-order valence-corrected chi connectivity index (χ3v) is 6.24. The molecule has 0 spiro atoms. The number of ether oxygens (including phenoxy) is 1. The van der Waals surface area contributed by atoms with E-state index in [-0.39, 0.29) is 0 Å². The Bertz CT molecular complexity index is 1240. The minimum atomic E-state index is -0.431. The monoisotopic (exact) mass is 457 g/mol. The zero-order chi connectivity index (χ0) is 21.3. The fraction of sp³-hybridized carbons (Fsp3) is 0.0909. The standard InChI is InChI=1S/C22H17Cl2N3O2S/c1-12-3-5-13(6-4-12)21-26-18-10-17(19(29-2)11-20(18)30-21)27-22(28)25-14-7-8-15(23)16(24)9-14/h3-11H,1-2H3,(H2,25,27,28). The number of carbonyl (C=O) groups is 1. The summed E-state index contributed by atoms with van der Waals surface area (Å²) in [5.41, 5.74) is 4.07. The molecule has 0 atom stereocenters. The lowest BCUT2D eigenvalue weighted by Gasteiger charge is -2.11. The molecule has 0 radical (unpaired) electrons. The topological polar surface area (TPSA) is 63.2 Å². The fourth-order valence-electron chi connectivity index (χ4n) is 2.90. The minimum absolute atomic E-state index is 0.361. The van der Waals surface area contributed by atoms with Gasteiger partial charge in [-0.1, -0.05) is 53.0 Å². The van der Waals surface area contributed by atoms with Crippen LogP contribution in [0.4, 0.5) is 16.2 Å². The minimum Gasteiger partial charge on any atom is -0.495 e. The summed E-state index contributed by atoms with van der Waals surface area (Å²) in [5, 5.41) is 7.22. The van der Waals surface area contributed by atoms with E-state index in [1.807, 2.05) is 25.1 Å². The number of aryl methyl sites for hydroxylation is 1. The van der Waals surface area contributed by atoms with Crippen LogP contribution in [0.5, 0.6) is 5.75 Å². The normalized spacial score (nSPS) is 10.8. The molecule has 4 aromatic rings. The number of halogens is 2. The summed E-state index contributed by atoms with van der Waals surface area (Å²) in [4.78, 5) is 17.2. The van der Waals surface area contributed by atoms with Crippen molar-refractivity contribution in [2.24, 2.45) is 0 Å². The van der Waals surface area contributed by atoms with Crippen molar-refractivity contribution in [3.63, 3.8) is 0 Å². The number of hydrogen-bond acceptors (Lipinski definition) is 4. The number of methoxy groups -OCH3 is 1. The zero-order valence-electron chi connectivity index (χ0n) is 16.1. The fourth-order valence-corrected chi connectivity index (χ4v) is 4.18. The van der Waals surface area contributed by atoms with Crippen molar-refractivity contribution in [2.75, 3.05) is 17.7 Å². The average molecular weight is 458 g/mol. The molecule has 30 heavy (non-hydrogen) atoms. The Morgan fingerprint density at radius 2 is 1.77 bits per heavy atom. The van der Waals surface area contributed by atoms with Crippen molar-refractivity contribution < 1.29 is 9.53 Å². The predicted octanol–water partition coefficient (Wildman–Crippen LogP) is 7.23. The van der Waals surface area contributed by atoms with Crippen molar-refractivity contribution in [3.05, 3.63) is 70.2 Å². The number of amides is 2. The highest BCUT2D eigenvalue weighted by Crippen LogP contribution is 2.36. The molecule has 0 saturated heterocycles. The molecule has 0 fully saturated rings. The molecule has 3 aromatic carbocycles. The van der Waals surface area contributed by atoms with Crippen LogP contribution < -0.4 is 15.4 Å². The van der Waals surface area contributed by atoms with E-state index >= 15 is 0 Å². The highest BCUT2D eigenvalue weighted by Gasteiger charge is 2.14. The number of nitrogens with one attached hydrogen (secondary N) is 2. The van der Waals surface area contributed by atoms with Gasteiger partial charge in [0.05, 0.1) is 33.1 Å². The highest BCUT2D eigenvalue weighted by molar-refractivity contribution is 7.21. The van der Waals surface area contributed by atoms with Crippen LogP contribution in [0.3, 0.4) is 0 Å². The van der Waals surface area contributed by atoms with Gasteiger partial charge in [0.15, 0.2) is 0 Å². The first-order valence-corrected chi connectivity index (χ1v) is 10.6. The molecule has 0 unspecified atom stereocenters. The number of urea groups is 1. The molecule has 2 N–H and O–H groups in total. The van der Waals surface area contributed by atoms with Gasteiger partial charge in [-0.15, -0.1) is 11.3 Å². The lowest BCUT2D eigenvalue weighted by Crippen LogP contribution is -2.19. The smallest absolute Gasteiger partial charge is 0.323 e. The molecule has 0 aliphatic heterocycles. The molecule has 152 valence electrons. The molecule has 5 nitrogen and oxygen atoms in total. The first-order chi connectivity index (χ1) is 14.4. The van der Waals surface area contributed by atoms with Gasteiger partial charge in [-0.3, -0.25) is 0 Å². The molecular weight excluding hydrogens is 441 g/mol. The number of benzene rings is 3. The molecule has 8 heteroatoms. The van der Waals surface area contributed by atoms with Crippen LogP contribution in [0, 0.1) is 6.92 Å². The number of thiazole rings is 1. The Kier molecular flexibility index (Phi) is 5.81. The van der Waals surface area contributed by atoms with Gasteiger partial charge < -0.3 is 15.4 Å². The summed E-state index contributed by atoms with van der Waals surface area (Å²) in [6, 6.07) is 16.3. The van der Waals surface area contributed by atoms with E-state index in [0.29, 0.717) is 27.2 Å². The number of fused-ring (bicyclic) bond motifs is 1. The van der Waals surface area contributed by atoms with E-state index in [4.69, 9.17) is 32.9 Å². The van der Waals surface area contributed by atoms with E-state index < -0.39 is 6.03 Å². The molecule has 0 bridgehead atoms. The average Bonchev–Trinajstić information content (AvgIpc) is 3.13. The Balaban J connectivity index is 1.60. The maximum Gasteiger partial charge on any atom is 0.323 e. The van der Waals surface area contributed by atoms with Crippen LogP contribution in [0.2, 0.25) is 10.0 Å². The molecule has 0 aliphatic carbocycles. The SMILES string of the molecule is COc1cc2sc(-c3ccc(C)cc3)nc2cc1NC(=O)Nc1ccc(Cl)c(Cl)c1. The summed E-state index contributed by atoms with van der Waals surface area (Å²) >= 11 is 13.5. The summed E-state index contributed by atoms with van der Waals surface area (Å²) in [6.07, 6.45) is 0. The van der Waals surface area contributed by atoms with Crippen molar-refractivity contribution in [2.45, 2.75) is 6.92 Å². The van der Waals surface area contributed by atoms with Gasteiger partial charge in [-0.05, 0) is 31.2 Å². The lowest BCUT2D eigenvalue weighted by molar-refractivity contribution is 0.262. The van der Waals surface area contributed by atoms with Crippen LogP contribution in [0.1, 0.15) is 5.56 Å². The first-order valence-electron chi connectivity index (χ1n) is 9.01. The molecular formula is C22H17Cl2N3O2S. The Hall–Kier alpha value is -2.80. The van der Waals surface area contributed by atoms with E-state index in [1.54, 1.807) is 42.7 Å². The molecule has 0 saturated carbocycles. The molecule has 1 heterocycles. The molecule has 4 rings (SSSR count). The van der Waals surface area contributed by atoms with E-state index in [2.05, 4.69) is 22.8 Å². The van der Waals surface area contributed by atoms with Crippen LogP contribution in [0.25, 0.3) is 20.8 Å². The zero-order valence-corrected chi connectivity index (χ0v) is 18.5. The van der Waals surface area contributed by atoms with Gasteiger partial charge in [-0.25, -0.2) is 9.78 Å². The van der Waals surface area contributed by atoms with E-state index in [1.165, 1.54) is 5.56 Å². The number of anilines is 2. The van der Waals surface area contributed by atoms with Gasteiger partial charge in [0.25, 0.3) is 0 Å². The predicted molar refractivity (Wildman–Crippen MR) is 125 cm³/mol. The molecule has 1 aromatic heterocycles. The summed E-state index contributed by atoms with van der Waals surface area (Å²) in [6.45, 7) is 2.05. The van der Waals surface area contributed by atoms with Crippen molar-refractivity contribution in [3.8, 4) is 16.3 Å². The first kappa shape index (κ1) is 20.5. The number of nitrogens with zero attached hydrogens (tertiary/aromatic N) is 1. The van der Waals surface area contributed by atoms with Crippen LogP contribution in [0.15, 0.2) is 54.6 Å². The summed E-state index contributed by atoms with van der Waals surface area (Å²) in [5.74, 6) is 0.547. The van der Waals surface area contributed by atoms with Gasteiger partial charge in [0.2, 0.25) is 0 Å². The van der Waals surface area contributed by atoms with Gasteiger partial charge >= 0.3 is 6.03 Å². The number of aromatic nitrogens is 1. The van der Waals surface area contributed by atoms with Gasteiger partial charge in [-0.2, -0.15) is 0 Å². The van der Waals surface area contributed by atoms with Crippen molar-refractivity contribution >= 4 is 62.2 Å². The highest BCUT2D eigenvalue weighted by atomic mass is 35.5. The van der Waals surface area contributed by atoms with Crippen molar-refractivity contribution in [1.29, 1.82) is 0 Å². The number of rotatable bonds is 4. The summed E-state index contributed by atoms with van der Waals surface area (Å²) < 4.78 is 6.44. The van der Waals surface area contributed by atoms with E-state index in [0.717, 1.165) is 20.8 Å². The largest absolute Gasteiger partial charge is 0.495 e. The third kappa shape index (κ3) is 4.36. The van der Waals surface area contributed by atoms with Crippen LogP contribution >= 0.6 is 34.5 Å². The lowest BCUT2D eigenvalue weighted by atomic mass is 10.2. The van der Waals surface area contributed by atoms with Crippen LogP contribution in [-0.4, -0.2) is 18.1 Å². The second-order valence-electron chi connectivity index (χ2n) is 6.61. The van der Waals surface area contributed by atoms with Crippen molar-refractivity contribution in [1.82, 2.24) is 4.98 Å². The van der Waals surface area contributed by atoms with E-state index in [9.17, 15) is 4.79 Å². The summed E-state index contributed by atoms with van der Waals surface area (Å²) in [7, 11) is 1.56. The second kappa shape index (κ2) is 8.52. The number of hydrogen-bond donors (Lipinski definition) is 2. The molecule has 0 aliphatic rings. The molecule has 2 amide bonds. The Labute approximate surface area is 187 Å². The quantitative estimate of drug-likeness (QED) is 0.339.